The highest BCUT2D eigenvalue weighted by atomic mass is 32.2. The number of hydrogen-bond acceptors (Lipinski definition) is 6. The molecule has 0 aliphatic carbocycles. The van der Waals surface area contributed by atoms with Gasteiger partial charge in [-0.3, -0.25) is 9.59 Å². The number of carbonyl (C=O) groups is 2. The molecule has 2 amide bonds. The number of amides is 2. The van der Waals surface area contributed by atoms with Crippen molar-refractivity contribution in [2.75, 3.05) is 6.61 Å². The van der Waals surface area contributed by atoms with E-state index >= 15 is 0 Å². The topological polar surface area (TPSA) is 65.1 Å². The fourth-order valence-electron chi connectivity index (χ4n) is 3.03. The second kappa shape index (κ2) is 9.05. The molecule has 0 fully saturated rings. The maximum absolute atomic E-state index is 14.1. The summed E-state index contributed by atoms with van der Waals surface area (Å²) in [5.41, 5.74) is -0.654. The van der Waals surface area contributed by atoms with Gasteiger partial charge in [-0.25, -0.2) is 0 Å². The number of imide groups is 1. The van der Waals surface area contributed by atoms with Crippen molar-refractivity contribution in [1.82, 2.24) is 5.06 Å². The number of benzene rings is 2. The fraction of sp³-hybridized carbons (Fsp3) is 0.368. The van der Waals surface area contributed by atoms with E-state index in [0.717, 1.165) is 12.1 Å². The number of halogens is 9. The first-order valence-electron chi connectivity index (χ1n) is 9.38. The normalized spacial score (nSPS) is 16.6. The van der Waals surface area contributed by atoms with Crippen LogP contribution in [0.5, 0.6) is 5.75 Å². The third kappa shape index (κ3) is 4.27. The van der Waals surface area contributed by atoms with Gasteiger partial charge in [-0.15, -0.1) is 10.0 Å². The number of alkyl halides is 8. The van der Waals surface area contributed by atoms with Crippen molar-refractivity contribution < 1.29 is 63.2 Å². The van der Waals surface area contributed by atoms with Crippen LogP contribution in [0.25, 0.3) is 10.8 Å². The van der Waals surface area contributed by atoms with E-state index in [-0.39, 0.29) is 28.9 Å². The first-order valence-corrected chi connectivity index (χ1v) is 10.1. The van der Waals surface area contributed by atoms with Crippen LogP contribution >= 0.6 is 12.0 Å². The summed E-state index contributed by atoms with van der Waals surface area (Å²) in [7, 11) is 0. The molecule has 0 bridgehead atoms. The molecule has 1 atom stereocenters. The van der Waals surface area contributed by atoms with Crippen molar-refractivity contribution >= 4 is 34.6 Å². The van der Waals surface area contributed by atoms with E-state index in [1.807, 2.05) is 0 Å². The number of ether oxygens (including phenoxy) is 1. The third-order valence-corrected chi connectivity index (χ3v) is 5.41. The van der Waals surface area contributed by atoms with Gasteiger partial charge in [0.2, 0.25) is 0 Å². The van der Waals surface area contributed by atoms with Crippen molar-refractivity contribution in [3.8, 4) is 5.75 Å². The highest BCUT2D eigenvalue weighted by Gasteiger charge is 2.84. The zero-order chi connectivity index (χ0) is 26.4. The summed E-state index contributed by atoms with van der Waals surface area (Å²) < 4.78 is 128. The Kier molecular flexibility index (Phi) is 6.95. The second-order valence-electron chi connectivity index (χ2n) is 7.05. The molecule has 192 valence electrons. The Morgan fingerprint density at radius 1 is 0.943 bits per heavy atom. The van der Waals surface area contributed by atoms with Crippen molar-refractivity contribution in [1.29, 1.82) is 0 Å². The summed E-state index contributed by atoms with van der Waals surface area (Å²) in [6.07, 6.45) is -6.46. The maximum atomic E-state index is 14.1. The van der Waals surface area contributed by atoms with E-state index in [1.165, 1.54) is 18.2 Å². The van der Waals surface area contributed by atoms with Crippen LogP contribution in [0.1, 0.15) is 34.1 Å². The molecule has 2 aromatic rings. The molecular formula is C19H12F9NO5S. The van der Waals surface area contributed by atoms with Gasteiger partial charge < -0.3 is 4.74 Å². The van der Waals surface area contributed by atoms with Crippen LogP contribution in [0.3, 0.4) is 0 Å². The predicted octanol–water partition coefficient (Wildman–Crippen LogP) is 6.16. The maximum Gasteiger partial charge on any atom is 0.459 e. The lowest BCUT2D eigenvalue weighted by atomic mass is 9.95. The van der Waals surface area contributed by atoms with Gasteiger partial charge in [-0.1, -0.05) is 19.1 Å². The van der Waals surface area contributed by atoms with Crippen LogP contribution in [0.4, 0.5) is 39.6 Å². The highest BCUT2D eigenvalue weighted by molar-refractivity contribution is 7.95. The SMILES string of the molecule is CCCOc1cc2c3c(cccc3c1)C(=O)N(OSC(F)(F)C(F)(OF)C(F)(F)C(F)(F)F)C2=O. The molecule has 0 radical (unpaired) electrons. The first-order chi connectivity index (χ1) is 16.1. The lowest BCUT2D eigenvalue weighted by Gasteiger charge is -2.35. The molecule has 1 unspecified atom stereocenters. The van der Waals surface area contributed by atoms with Crippen LogP contribution in [0.2, 0.25) is 0 Å². The molecule has 0 N–H and O–H groups in total. The van der Waals surface area contributed by atoms with Gasteiger partial charge in [0.05, 0.1) is 17.7 Å². The lowest BCUT2D eigenvalue weighted by Crippen LogP contribution is -2.63. The van der Waals surface area contributed by atoms with E-state index in [9.17, 15) is 49.2 Å². The summed E-state index contributed by atoms with van der Waals surface area (Å²) in [5.74, 6) is -16.5. The van der Waals surface area contributed by atoms with E-state index in [0.29, 0.717) is 11.8 Å². The van der Waals surface area contributed by atoms with Crippen LogP contribution < -0.4 is 4.74 Å². The average molecular weight is 537 g/mol. The van der Waals surface area contributed by atoms with Crippen molar-refractivity contribution in [3.63, 3.8) is 0 Å². The molecule has 0 aromatic heterocycles. The standard InChI is InChI=1S/C19H12F9NO5S/c1-2-6-32-10-7-9-4-3-5-11-13(9)12(8-10)15(31)29(14(11)30)34-35-19(26,27)17(22,33-28)16(20,21)18(23,24)25/h3-5,7-8H,2,6H2,1H3. The monoisotopic (exact) mass is 537 g/mol. The van der Waals surface area contributed by atoms with Gasteiger partial charge in [0.1, 0.15) is 17.8 Å². The molecule has 1 aliphatic heterocycles. The molecule has 0 spiro atoms. The van der Waals surface area contributed by atoms with Crippen molar-refractivity contribution in [2.24, 2.45) is 0 Å². The molecule has 0 saturated carbocycles. The fourth-order valence-corrected chi connectivity index (χ4v) is 3.60. The number of hydroxylamine groups is 2. The van der Waals surface area contributed by atoms with Gasteiger partial charge in [-0.2, -0.15) is 39.4 Å². The molecule has 1 aliphatic rings. The van der Waals surface area contributed by atoms with E-state index in [4.69, 9.17) is 4.74 Å². The third-order valence-electron chi connectivity index (χ3n) is 4.71. The van der Waals surface area contributed by atoms with Gasteiger partial charge >= 0.3 is 23.2 Å². The zero-order valence-electron chi connectivity index (χ0n) is 17.1. The van der Waals surface area contributed by atoms with Crippen molar-refractivity contribution in [3.05, 3.63) is 41.5 Å². The molecule has 0 saturated heterocycles. The minimum atomic E-state index is -7.08. The van der Waals surface area contributed by atoms with Crippen LogP contribution in [0, 0.1) is 0 Å². The Balaban J connectivity index is 1.96. The summed E-state index contributed by atoms with van der Waals surface area (Å²) >= 11 is -1.85. The molecular weight excluding hydrogens is 525 g/mol. The van der Waals surface area contributed by atoms with E-state index in [1.54, 1.807) is 11.9 Å². The van der Waals surface area contributed by atoms with E-state index < -0.39 is 52.1 Å². The molecule has 35 heavy (non-hydrogen) atoms. The van der Waals surface area contributed by atoms with Gasteiger partial charge in [0.25, 0.3) is 11.8 Å². The summed E-state index contributed by atoms with van der Waals surface area (Å²) in [6.45, 7) is 1.98. The minimum absolute atomic E-state index is 0.0403. The summed E-state index contributed by atoms with van der Waals surface area (Å²) in [6, 6.07) is 6.52. The largest absolute Gasteiger partial charge is 0.494 e. The second-order valence-corrected chi connectivity index (χ2v) is 7.88. The molecule has 1 heterocycles. The summed E-state index contributed by atoms with van der Waals surface area (Å²) in [5, 5.41) is -6.22. The molecule has 16 heteroatoms. The molecule has 6 nitrogen and oxygen atoms in total. The average Bonchev–Trinajstić information content (AvgIpc) is 2.79. The Hall–Kier alpha value is -2.72. The van der Waals surface area contributed by atoms with E-state index in [2.05, 4.69) is 4.28 Å². The Morgan fingerprint density at radius 2 is 1.57 bits per heavy atom. The van der Waals surface area contributed by atoms with Crippen LogP contribution in [-0.2, 0) is 9.23 Å². The van der Waals surface area contributed by atoms with Gasteiger partial charge in [0, 0.05) is 5.39 Å². The minimum Gasteiger partial charge on any atom is -0.494 e. The Bertz CT molecular complexity index is 1160. The summed E-state index contributed by atoms with van der Waals surface area (Å²) in [4.78, 5) is 27.1. The predicted molar refractivity (Wildman–Crippen MR) is 101 cm³/mol. The smallest absolute Gasteiger partial charge is 0.459 e. The number of hydrogen-bond donors (Lipinski definition) is 0. The Morgan fingerprint density at radius 3 is 2.14 bits per heavy atom. The number of nitrogens with zero attached hydrogens (tertiary/aromatic N) is 1. The number of carbonyl (C=O) groups excluding carboxylic acids is 2. The van der Waals surface area contributed by atoms with Crippen LogP contribution in [-0.4, -0.2) is 46.7 Å². The first kappa shape index (κ1) is 26.9. The van der Waals surface area contributed by atoms with Gasteiger partial charge in [-0.05, 0) is 34.5 Å². The number of rotatable bonds is 9. The molecule has 3 rings (SSSR count). The molecule has 2 aromatic carbocycles. The quantitative estimate of drug-likeness (QED) is 0.217. The lowest BCUT2D eigenvalue weighted by molar-refractivity contribution is -0.458. The van der Waals surface area contributed by atoms with Gasteiger partial charge in [0.15, 0.2) is 0 Å². The Labute approximate surface area is 193 Å². The van der Waals surface area contributed by atoms with Crippen LogP contribution in [0.15, 0.2) is 30.3 Å². The zero-order valence-corrected chi connectivity index (χ0v) is 17.9. The highest BCUT2D eigenvalue weighted by Crippen LogP contribution is 2.57. The van der Waals surface area contributed by atoms with Crippen molar-refractivity contribution in [2.45, 2.75) is 36.6 Å².